The monoisotopic (exact) mass is 396 g/mol. The molecule has 0 saturated carbocycles. The maximum absolute atomic E-state index is 13.4. The van der Waals surface area contributed by atoms with Gasteiger partial charge in [0.2, 0.25) is 0 Å². The SMILES string of the molecule is Cc1ccc(N2C(=O)c3ccccc3N[C@@H]2c2ccc(Cl)cc2Cl)cc1C. The molecule has 5 heteroatoms. The van der Waals surface area contributed by atoms with Crippen molar-refractivity contribution in [3.63, 3.8) is 0 Å². The molecule has 4 rings (SSSR count). The van der Waals surface area contributed by atoms with Gasteiger partial charge in [-0.1, -0.05) is 47.5 Å². The number of hydrogen-bond acceptors (Lipinski definition) is 2. The molecule has 0 aliphatic carbocycles. The second kappa shape index (κ2) is 6.91. The fourth-order valence-corrected chi connectivity index (χ4v) is 3.85. The van der Waals surface area contributed by atoms with E-state index in [4.69, 9.17) is 23.2 Å². The van der Waals surface area contributed by atoms with Crippen LogP contribution in [0.3, 0.4) is 0 Å². The molecule has 0 aromatic heterocycles. The molecule has 0 fully saturated rings. The number of carbonyl (C=O) groups excluding carboxylic acids is 1. The van der Waals surface area contributed by atoms with Crippen molar-refractivity contribution in [2.24, 2.45) is 0 Å². The highest BCUT2D eigenvalue weighted by Gasteiger charge is 2.35. The van der Waals surface area contributed by atoms with Crippen molar-refractivity contribution in [3.05, 3.63) is 93.0 Å². The summed E-state index contributed by atoms with van der Waals surface area (Å²) in [6, 6.07) is 18.9. The molecule has 0 spiro atoms. The van der Waals surface area contributed by atoms with Crippen LogP contribution in [0.1, 0.15) is 33.2 Å². The summed E-state index contributed by atoms with van der Waals surface area (Å²) in [5.74, 6) is -0.0661. The highest BCUT2D eigenvalue weighted by atomic mass is 35.5. The third-order valence-electron chi connectivity index (χ3n) is 4.95. The number of hydrogen-bond donors (Lipinski definition) is 1. The number of benzene rings is 3. The first-order chi connectivity index (χ1) is 13.0. The molecule has 27 heavy (non-hydrogen) atoms. The Morgan fingerprint density at radius 1 is 0.926 bits per heavy atom. The minimum absolute atomic E-state index is 0.0661. The Kier molecular flexibility index (Phi) is 4.58. The smallest absolute Gasteiger partial charge is 0.262 e. The van der Waals surface area contributed by atoms with Gasteiger partial charge < -0.3 is 5.32 Å². The van der Waals surface area contributed by atoms with E-state index < -0.39 is 6.17 Å². The van der Waals surface area contributed by atoms with Crippen LogP contribution >= 0.6 is 23.2 Å². The summed E-state index contributed by atoms with van der Waals surface area (Å²) in [5.41, 5.74) is 5.34. The van der Waals surface area contributed by atoms with Gasteiger partial charge in [-0.3, -0.25) is 9.69 Å². The van der Waals surface area contributed by atoms with Crippen LogP contribution in [0.5, 0.6) is 0 Å². The standard InChI is InChI=1S/C22H18Cl2N2O/c1-13-7-9-16(11-14(13)2)26-21(17-10-8-15(23)12-19(17)24)25-20-6-4-3-5-18(20)22(26)27/h3-12,21,25H,1-2H3/t21-/m0/s1. The van der Waals surface area contributed by atoms with Crippen LogP contribution in [0.15, 0.2) is 60.7 Å². The van der Waals surface area contributed by atoms with Gasteiger partial charge in [0.15, 0.2) is 0 Å². The maximum atomic E-state index is 13.4. The Morgan fingerprint density at radius 2 is 1.70 bits per heavy atom. The number of anilines is 2. The van der Waals surface area contributed by atoms with Gasteiger partial charge in [-0.05, 0) is 61.4 Å². The van der Waals surface area contributed by atoms with E-state index in [-0.39, 0.29) is 5.91 Å². The Balaban J connectivity index is 1.90. The minimum Gasteiger partial charge on any atom is -0.360 e. The molecule has 0 radical (unpaired) electrons. The molecule has 1 aliphatic heterocycles. The molecule has 0 bridgehead atoms. The summed E-state index contributed by atoms with van der Waals surface area (Å²) in [7, 11) is 0. The molecule has 1 aliphatic rings. The number of aryl methyl sites for hydroxylation is 2. The number of nitrogens with one attached hydrogen (secondary N) is 1. The summed E-state index contributed by atoms with van der Waals surface area (Å²) in [6.45, 7) is 4.09. The van der Waals surface area contributed by atoms with Crippen LogP contribution < -0.4 is 10.2 Å². The molecule has 0 saturated heterocycles. The molecule has 1 N–H and O–H groups in total. The molecule has 3 aromatic rings. The van der Waals surface area contributed by atoms with Crippen LogP contribution in [0.25, 0.3) is 0 Å². The predicted molar refractivity (Wildman–Crippen MR) is 112 cm³/mol. The average Bonchev–Trinajstić information content (AvgIpc) is 2.64. The van der Waals surface area contributed by atoms with Crippen LogP contribution in [-0.4, -0.2) is 5.91 Å². The van der Waals surface area contributed by atoms with E-state index in [1.165, 1.54) is 5.56 Å². The normalized spacial score (nSPS) is 16.1. The van der Waals surface area contributed by atoms with Crippen molar-refractivity contribution in [2.75, 3.05) is 10.2 Å². The van der Waals surface area contributed by atoms with Crippen molar-refractivity contribution in [3.8, 4) is 0 Å². The molecule has 1 heterocycles. The number of carbonyl (C=O) groups is 1. The average molecular weight is 397 g/mol. The highest BCUT2D eigenvalue weighted by Crippen LogP contribution is 2.39. The van der Waals surface area contributed by atoms with Crippen LogP contribution in [0.2, 0.25) is 10.0 Å². The first-order valence-electron chi connectivity index (χ1n) is 8.67. The number of rotatable bonds is 2. The first kappa shape index (κ1) is 17.9. The van der Waals surface area contributed by atoms with Crippen molar-refractivity contribution in [2.45, 2.75) is 20.0 Å². The van der Waals surface area contributed by atoms with Crippen molar-refractivity contribution in [1.82, 2.24) is 0 Å². The van der Waals surface area contributed by atoms with Gasteiger partial charge >= 0.3 is 0 Å². The zero-order valence-electron chi connectivity index (χ0n) is 15.0. The molecule has 136 valence electrons. The van der Waals surface area contributed by atoms with E-state index in [0.717, 1.165) is 22.5 Å². The second-order valence-electron chi connectivity index (χ2n) is 6.70. The molecule has 0 unspecified atom stereocenters. The topological polar surface area (TPSA) is 32.3 Å². The van der Waals surface area contributed by atoms with Crippen LogP contribution in [-0.2, 0) is 0 Å². The molecular weight excluding hydrogens is 379 g/mol. The van der Waals surface area contributed by atoms with Crippen LogP contribution in [0.4, 0.5) is 11.4 Å². The van der Waals surface area contributed by atoms with E-state index in [2.05, 4.69) is 12.2 Å². The summed E-state index contributed by atoms with van der Waals surface area (Å²) < 4.78 is 0. The van der Waals surface area contributed by atoms with E-state index in [9.17, 15) is 4.79 Å². The zero-order valence-corrected chi connectivity index (χ0v) is 16.5. The third-order valence-corrected chi connectivity index (χ3v) is 5.51. The Bertz CT molecular complexity index is 1050. The summed E-state index contributed by atoms with van der Waals surface area (Å²) >= 11 is 12.6. The lowest BCUT2D eigenvalue weighted by molar-refractivity contribution is 0.0975. The molecule has 1 amide bonds. The first-order valence-corrected chi connectivity index (χ1v) is 9.42. The molecule has 3 aromatic carbocycles. The fourth-order valence-electron chi connectivity index (χ4n) is 3.34. The third kappa shape index (κ3) is 3.18. The van der Waals surface area contributed by atoms with Gasteiger partial charge in [-0.15, -0.1) is 0 Å². The summed E-state index contributed by atoms with van der Waals surface area (Å²) in [4.78, 5) is 15.1. The zero-order chi connectivity index (χ0) is 19.1. The van der Waals surface area contributed by atoms with E-state index >= 15 is 0 Å². The largest absolute Gasteiger partial charge is 0.360 e. The van der Waals surface area contributed by atoms with Crippen molar-refractivity contribution < 1.29 is 4.79 Å². The predicted octanol–water partition coefficient (Wildman–Crippen LogP) is 6.38. The van der Waals surface area contributed by atoms with Crippen molar-refractivity contribution in [1.29, 1.82) is 0 Å². The number of para-hydroxylation sites is 1. The van der Waals surface area contributed by atoms with Gasteiger partial charge in [0, 0.05) is 27.0 Å². The summed E-state index contributed by atoms with van der Waals surface area (Å²) in [5, 5.41) is 4.54. The lowest BCUT2D eigenvalue weighted by atomic mass is 10.0. The lowest BCUT2D eigenvalue weighted by Gasteiger charge is -2.38. The van der Waals surface area contributed by atoms with Crippen LogP contribution in [0, 0.1) is 13.8 Å². The fraction of sp³-hybridized carbons (Fsp3) is 0.136. The van der Waals surface area contributed by atoms with E-state index in [1.54, 1.807) is 17.0 Å². The molecular formula is C22H18Cl2N2O. The number of halogens is 2. The maximum Gasteiger partial charge on any atom is 0.262 e. The van der Waals surface area contributed by atoms with Gasteiger partial charge in [0.1, 0.15) is 6.17 Å². The van der Waals surface area contributed by atoms with Gasteiger partial charge in [0.05, 0.1) is 5.56 Å². The summed E-state index contributed by atoms with van der Waals surface area (Å²) in [6.07, 6.45) is -0.431. The van der Waals surface area contributed by atoms with Crippen molar-refractivity contribution >= 4 is 40.5 Å². The Morgan fingerprint density at radius 3 is 2.44 bits per heavy atom. The van der Waals surface area contributed by atoms with E-state index in [1.807, 2.05) is 55.5 Å². The van der Waals surface area contributed by atoms with Gasteiger partial charge in [-0.25, -0.2) is 0 Å². The lowest BCUT2D eigenvalue weighted by Crippen LogP contribution is -2.43. The van der Waals surface area contributed by atoms with E-state index in [0.29, 0.717) is 15.6 Å². The quantitative estimate of drug-likeness (QED) is 0.544. The second-order valence-corrected chi connectivity index (χ2v) is 7.55. The molecule has 1 atom stereocenters. The highest BCUT2D eigenvalue weighted by molar-refractivity contribution is 6.35. The Labute approximate surface area is 168 Å². The molecule has 3 nitrogen and oxygen atoms in total. The van der Waals surface area contributed by atoms with Gasteiger partial charge in [-0.2, -0.15) is 0 Å². The van der Waals surface area contributed by atoms with Gasteiger partial charge in [0.25, 0.3) is 5.91 Å². The number of amides is 1. The minimum atomic E-state index is -0.431. The number of nitrogens with zero attached hydrogens (tertiary/aromatic N) is 1. The number of fused-ring (bicyclic) bond motifs is 1. The Hall–Kier alpha value is -2.49.